The van der Waals surface area contributed by atoms with Gasteiger partial charge >= 0.3 is 0 Å². The molecule has 3 saturated carbocycles. The maximum atomic E-state index is 10.4. The predicted molar refractivity (Wildman–Crippen MR) is 221 cm³/mol. The van der Waals surface area contributed by atoms with Gasteiger partial charge in [-0.25, -0.2) is 0 Å². The van der Waals surface area contributed by atoms with Gasteiger partial charge in [-0.3, -0.25) is 0 Å². The van der Waals surface area contributed by atoms with E-state index in [9.17, 15) is 5.11 Å². The smallest absolute Gasteiger partial charge is 0.0577 e. The Balaban J connectivity index is 0.947. The van der Waals surface area contributed by atoms with E-state index < -0.39 is 0 Å². The lowest BCUT2D eigenvalue weighted by atomic mass is 9.47. The molecule has 1 heteroatoms. The molecule has 4 aliphatic carbocycles. The zero-order chi connectivity index (χ0) is 35.7. The lowest BCUT2D eigenvalue weighted by molar-refractivity contribution is -0.0573. The lowest BCUT2D eigenvalue weighted by Crippen LogP contribution is -2.50. The van der Waals surface area contributed by atoms with Gasteiger partial charge in [-0.15, -0.1) is 0 Å². The van der Waals surface area contributed by atoms with Crippen molar-refractivity contribution in [3.63, 3.8) is 0 Å². The standard InChI is InChI=1S/C49H90O/c1-6-7-8-9-10-11-12-13-14-15-16-17-18-19-20-21-22-23-24-25-26-28-40(2)29-27-30-41(3)45-33-34-46-44-32-31-42-39-43(50)35-37-48(42,4)47(44)36-38-49(45,46)5/h31,40-41,43-47,50H,6-30,32-39H2,1-5H3/t40?,41-,43+,44+,45-,46+,47+,48+,49-/m1/s1. The lowest BCUT2D eigenvalue weighted by Gasteiger charge is -2.58. The van der Waals surface area contributed by atoms with Crippen LogP contribution in [0, 0.1) is 46.3 Å². The number of hydrogen-bond donors (Lipinski definition) is 1. The molecule has 1 N–H and O–H groups in total. The number of aliphatic hydroxyl groups is 1. The highest BCUT2D eigenvalue weighted by Gasteiger charge is 2.59. The molecule has 292 valence electrons. The minimum Gasteiger partial charge on any atom is -0.393 e. The molecule has 0 radical (unpaired) electrons. The van der Waals surface area contributed by atoms with E-state index in [1.54, 1.807) is 5.57 Å². The van der Waals surface area contributed by atoms with E-state index in [0.29, 0.717) is 10.8 Å². The SMILES string of the molecule is CCCCCCCCCCCCCCCCCCCCCCCC(C)CCC[C@@H](C)[C@H]1CC[C@H]2[C@@H]3CC=C4C[C@@H](O)CC[C@]4(C)[C@H]3CC[C@]12C. The van der Waals surface area contributed by atoms with Crippen LogP contribution in [0.5, 0.6) is 0 Å². The average molecular weight is 695 g/mol. The molecule has 3 fully saturated rings. The van der Waals surface area contributed by atoms with Crippen molar-refractivity contribution < 1.29 is 5.11 Å². The van der Waals surface area contributed by atoms with E-state index in [0.717, 1.165) is 48.3 Å². The molecule has 0 amide bonds. The zero-order valence-corrected chi connectivity index (χ0v) is 34.9. The first-order chi connectivity index (χ1) is 24.3. The highest BCUT2D eigenvalue weighted by molar-refractivity contribution is 5.25. The second-order valence-corrected chi connectivity index (χ2v) is 19.8. The maximum Gasteiger partial charge on any atom is 0.0577 e. The van der Waals surface area contributed by atoms with Crippen LogP contribution in [0.15, 0.2) is 11.6 Å². The van der Waals surface area contributed by atoms with E-state index in [2.05, 4.69) is 40.7 Å². The summed E-state index contributed by atoms with van der Waals surface area (Å²) in [5, 5.41) is 10.4. The number of unbranched alkanes of at least 4 members (excludes halogenated alkanes) is 20. The number of rotatable bonds is 27. The number of fused-ring (bicyclic) bond motifs is 5. The molecule has 1 unspecified atom stereocenters. The maximum absolute atomic E-state index is 10.4. The quantitative estimate of drug-likeness (QED) is 0.0670. The van der Waals surface area contributed by atoms with Crippen molar-refractivity contribution in [1.29, 1.82) is 0 Å². The minimum atomic E-state index is -0.0810. The third-order valence-corrected chi connectivity index (χ3v) is 16.0. The normalized spacial score (nSPS) is 31.9. The van der Waals surface area contributed by atoms with Crippen molar-refractivity contribution in [3.05, 3.63) is 11.6 Å². The minimum absolute atomic E-state index is 0.0810. The third kappa shape index (κ3) is 12.6. The van der Waals surface area contributed by atoms with Gasteiger partial charge in [0, 0.05) is 0 Å². The molecule has 0 aromatic carbocycles. The summed E-state index contributed by atoms with van der Waals surface area (Å²) in [5.41, 5.74) is 2.59. The Bertz CT molecular complexity index is 920. The van der Waals surface area contributed by atoms with Crippen molar-refractivity contribution in [2.24, 2.45) is 46.3 Å². The second-order valence-electron chi connectivity index (χ2n) is 19.8. The van der Waals surface area contributed by atoms with Crippen LogP contribution in [0.3, 0.4) is 0 Å². The second kappa shape index (κ2) is 22.8. The first kappa shape index (κ1) is 42.4. The Kier molecular flexibility index (Phi) is 19.4. The van der Waals surface area contributed by atoms with Gasteiger partial charge in [-0.2, -0.15) is 0 Å². The molecular weight excluding hydrogens is 605 g/mol. The van der Waals surface area contributed by atoms with Crippen molar-refractivity contribution in [1.82, 2.24) is 0 Å². The summed E-state index contributed by atoms with van der Waals surface area (Å²) in [4.78, 5) is 0. The van der Waals surface area contributed by atoms with Gasteiger partial charge in [-0.1, -0.05) is 207 Å². The number of hydrogen-bond acceptors (Lipinski definition) is 1. The molecule has 0 aromatic heterocycles. The van der Waals surface area contributed by atoms with Crippen LogP contribution in [0.25, 0.3) is 0 Å². The zero-order valence-electron chi connectivity index (χ0n) is 34.9. The fourth-order valence-electron chi connectivity index (χ4n) is 12.7. The number of allylic oxidation sites excluding steroid dienone is 1. The molecule has 0 bridgehead atoms. The summed E-state index contributed by atoms with van der Waals surface area (Å²) in [5.74, 6) is 5.49. The molecular formula is C49H90O. The Morgan fingerprint density at radius 3 is 1.68 bits per heavy atom. The summed E-state index contributed by atoms with van der Waals surface area (Å²) < 4.78 is 0. The third-order valence-electron chi connectivity index (χ3n) is 16.0. The fraction of sp³-hybridized carbons (Fsp3) is 0.959. The van der Waals surface area contributed by atoms with Gasteiger partial charge < -0.3 is 5.11 Å². The highest BCUT2D eigenvalue weighted by Crippen LogP contribution is 2.67. The van der Waals surface area contributed by atoms with Gasteiger partial charge in [0.15, 0.2) is 0 Å². The summed E-state index contributed by atoms with van der Waals surface area (Å²) in [6.07, 6.45) is 49.7. The van der Waals surface area contributed by atoms with Crippen LogP contribution >= 0.6 is 0 Å². The topological polar surface area (TPSA) is 20.2 Å². The molecule has 4 rings (SSSR count). The summed E-state index contributed by atoms with van der Waals surface area (Å²) in [6.45, 7) is 12.8. The predicted octanol–water partition coefficient (Wildman–Crippen LogP) is 16.0. The van der Waals surface area contributed by atoms with E-state index in [4.69, 9.17) is 0 Å². The molecule has 1 nitrogen and oxygen atoms in total. The van der Waals surface area contributed by atoms with Crippen LogP contribution in [0.4, 0.5) is 0 Å². The molecule has 0 aromatic rings. The van der Waals surface area contributed by atoms with Crippen LogP contribution in [0.1, 0.15) is 247 Å². The van der Waals surface area contributed by atoms with Crippen molar-refractivity contribution in [2.45, 2.75) is 253 Å². The van der Waals surface area contributed by atoms with Crippen LogP contribution in [-0.4, -0.2) is 11.2 Å². The van der Waals surface area contributed by atoms with Gasteiger partial charge in [-0.05, 0) is 97.7 Å². The van der Waals surface area contributed by atoms with Gasteiger partial charge in [0.25, 0.3) is 0 Å². The Hall–Kier alpha value is -0.300. The Labute approximate surface area is 314 Å². The van der Waals surface area contributed by atoms with Gasteiger partial charge in [0.2, 0.25) is 0 Å². The molecule has 0 spiro atoms. The van der Waals surface area contributed by atoms with Crippen LogP contribution < -0.4 is 0 Å². The molecule has 4 aliphatic rings. The van der Waals surface area contributed by atoms with Gasteiger partial charge in [0.05, 0.1) is 6.10 Å². The highest BCUT2D eigenvalue weighted by atomic mass is 16.3. The van der Waals surface area contributed by atoms with E-state index in [1.165, 1.54) is 199 Å². The van der Waals surface area contributed by atoms with Crippen molar-refractivity contribution >= 4 is 0 Å². The first-order valence-electron chi connectivity index (χ1n) is 23.7. The average Bonchev–Trinajstić information content (AvgIpc) is 3.46. The van der Waals surface area contributed by atoms with Crippen molar-refractivity contribution in [3.8, 4) is 0 Å². The number of aliphatic hydroxyl groups excluding tert-OH is 1. The molecule has 0 heterocycles. The summed E-state index contributed by atoms with van der Waals surface area (Å²) in [7, 11) is 0. The van der Waals surface area contributed by atoms with E-state index in [-0.39, 0.29) is 6.10 Å². The van der Waals surface area contributed by atoms with E-state index in [1.807, 2.05) is 0 Å². The Morgan fingerprint density at radius 1 is 0.600 bits per heavy atom. The largest absolute Gasteiger partial charge is 0.393 e. The van der Waals surface area contributed by atoms with E-state index >= 15 is 0 Å². The van der Waals surface area contributed by atoms with Gasteiger partial charge in [0.1, 0.15) is 0 Å². The molecule has 0 aliphatic heterocycles. The van der Waals surface area contributed by atoms with Crippen LogP contribution in [-0.2, 0) is 0 Å². The molecule has 9 atom stereocenters. The van der Waals surface area contributed by atoms with Crippen molar-refractivity contribution in [2.75, 3.05) is 0 Å². The summed E-state index contributed by atoms with van der Waals surface area (Å²) in [6, 6.07) is 0. The monoisotopic (exact) mass is 695 g/mol. The summed E-state index contributed by atoms with van der Waals surface area (Å²) >= 11 is 0. The van der Waals surface area contributed by atoms with Crippen LogP contribution in [0.2, 0.25) is 0 Å². The molecule has 50 heavy (non-hydrogen) atoms. The Morgan fingerprint density at radius 2 is 1.12 bits per heavy atom. The fourth-order valence-corrected chi connectivity index (χ4v) is 12.7. The molecule has 0 saturated heterocycles. The first-order valence-corrected chi connectivity index (χ1v) is 23.7.